The fourth-order valence-electron chi connectivity index (χ4n) is 5.92. The number of benzene rings is 1. The molecule has 180 valence electrons. The summed E-state index contributed by atoms with van der Waals surface area (Å²) in [5, 5.41) is 7.12. The second kappa shape index (κ2) is 9.80. The predicted molar refractivity (Wildman–Crippen MR) is 124 cm³/mol. The first kappa shape index (κ1) is 22.9. The normalized spacial score (nSPS) is 31.8. The van der Waals surface area contributed by atoms with Crippen molar-refractivity contribution in [3.63, 3.8) is 0 Å². The van der Waals surface area contributed by atoms with Gasteiger partial charge in [-0.3, -0.25) is 0 Å². The molecule has 0 aromatic heterocycles. The van der Waals surface area contributed by atoms with Crippen LogP contribution >= 0.6 is 0 Å². The average molecular weight is 462 g/mol. The van der Waals surface area contributed by atoms with E-state index in [4.69, 9.17) is 4.74 Å². The quantitative estimate of drug-likeness (QED) is 0.575. The number of halogens is 3. The van der Waals surface area contributed by atoms with E-state index in [0.29, 0.717) is 11.5 Å². The Hall–Kier alpha value is -1.83. The number of allylic oxidation sites excluding steroid dienone is 3. The zero-order chi connectivity index (χ0) is 22.8. The van der Waals surface area contributed by atoms with Crippen LogP contribution in [0, 0.1) is 11.8 Å². The predicted octanol–water partition coefficient (Wildman–Crippen LogP) is 5.15. The molecule has 7 heteroatoms. The van der Waals surface area contributed by atoms with Crippen LogP contribution in [0.5, 0.6) is 0 Å². The molecular weight excluding hydrogens is 427 g/mol. The van der Waals surface area contributed by atoms with E-state index in [-0.39, 0.29) is 24.2 Å². The monoisotopic (exact) mass is 461 g/mol. The zero-order valence-corrected chi connectivity index (χ0v) is 19.0. The fraction of sp³-hybridized carbons (Fsp3) is 0.615. The lowest BCUT2D eigenvalue weighted by Crippen LogP contribution is -2.48. The molecule has 0 saturated carbocycles. The van der Waals surface area contributed by atoms with Gasteiger partial charge in [0.2, 0.25) is 0 Å². The van der Waals surface area contributed by atoms with E-state index in [1.54, 1.807) is 6.07 Å². The summed E-state index contributed by atoms with van der Waals surface area (Å²) in [4.78, 5) is 2.48. The summed E-state index contributed by atoms with van der Waals surface area (Å²) in [5.74, 6) is 0.472. The van der Waals surface area contributed by atoms with Gasteiger partial charge in [-0.05, 0) is 63.4 Å². The Labute approximate surface area is 194 Å². The minimum atomic E-state index is -4.36. The topological polar surface area (TPSA) is 36.5 Å². The molecule has 0 spiro atoms. The lowest BCUT2D eigenvalue weighted by Gasteiger charge is -2.47. The summed E-state index contributed by atoms with van der Waals surface area (Å²) >= 11 is 0. The maximum atomic E-state index is 13.5. The van der Waals surface area contributed by atoms with Crippen molar-refractivity contribution in [1.82, 2.24) is 10.2 Å². The molecule has 2 N–H and O–H groups in total. The van der Waals surface area contributed by atoms with Gasteiger partial charge in [0.1, 0.15) is 0 Å². The maximum absolute atomic E-state index is 13.5. The Balaban J connectivity index is 1.31. The number of alkyl halides is 3. The number of hydrogen-bond acceptors (Lipinski definition) is 4. The molecule has 1 aromatic rings. The molecule has 1 aromatic carbocycles. The van der Waals surface area contributed by atoms with E-state index >= 15 is 0 Å². The molecule has 5 atom stereocenters. The maximum Gasteiger partial charge on any atom is 0.416 e. The van der Waals surface area contributed by atoms with Gasteiger partial charge in [-0.15, -0.1) is 0 Å². The number of nitrogens with one attached hydrogen (secondary N) is 2. The molecule has 1 aliphatic carbocycles. The standard InChI is InChI=1S/C26H34F3N3O/c27-26(28,29)19-8-11-23-22(16-19)25-21(24(31-23)18-6-2-1-3-7-18)10-9-20(33-25)17-30-12-15-32-13-4-5-14-32/h1-3,6,8,11,16,18,20-21,24-25,30-31H,4-5,7,9-10,12-15,17H2/t18?,20-,21+,24+,25+/m1/s1. The minimum Gasteiger partial charge on any atom is -0.381 e. The van der Waals surface area contributed by atoms with E-state index < -0.39 is 11.7 Å². The third kappa shape index (κ3) is 5.15. The smallest absolute Gasteiger partial charge is 0.381 e. The Morgan fingerprint density at radius 2 is 1.97 bits per heavy atom. The van der Waals surface area contributed by atoms with Crippen LogP contribution in [0.15, 0.2) is 42.5 Å². The molecule has 4 nitrogen and oxygen atoms in total. The summed E-state index contributed by atoms with van der Waals surface area (Å²) in [7, 11) is 0. The van der Waals surface area contributed by atoms with Gasteiger partial charge in [0.05, 0.1) is 17.8 Å². The lowest BCUT2D eigenvalue weighted by molar-refractivity contribution is -0.138. The van der Waals surface area contributed by atoms with E-state index in [0.717, 1.165) is 44.6 Å². The highest BCUT2D eigenvalue weighted by molar-refractivity contribution is 5.58. The highest BCUT2D eigenvalue weighted by atomic mass is 19.4. The first-order valence-electron chi connectivity index (χ1n) is 12.4. The molecule has 33 heavy (non-hydrogen) atoms. The third-order valence-electron chi connectivity index (χ3n) is 7.67. The second-order valence-corrected chi connectivity index (χ2v) is 9.86. The van der Waals surface area contributed by atoms with Crippen LogP contribution in [0.4, 0.5) is 18.9 Å². The Bertz CT molecular complexity index is 878. The number of nitrogens with zero attached hydrogens (tertiary/aromatic N) is 1. The van der Waals surface area contributed by atoms with Crippen molar-refractivity contribution in [3.05, 3.63) is 53.6 Å². The third-order valence-corrected chi connectivity index (χ3v) is 7.67. The van der Waals surface area contributed by atoms with E-state index in [2.05, 4.69) is 39.8 Å². The minimum absolute atomic E-state index is 0.0211. The van der Waals surface area contributed by atoms with Gasteiger partial charge in [-0.1, -0.05) is 24.3 Å². The molecule has 0 radical (unpaired) electrons. The molecule has 3 aliphatic heterocycles. The number of likely N-dealkylation sites (tertiary alicyclic amines) is 1. The number of ether oxygens (including phenoxy) is 1. The van der Waals surface area contributed by atoms with Gasteiger partial charge in [0, 0.05) is 48.8 Å². The molecule has 0 bridgehead atoms. The van der Waals surface area contributed by atoms with E-state index in [9.17, 15) is 13.2 Å². The SMILES string of the molecule is FC(F)(F)c1ccc2c(c1)[C@H]1O[C@@H](CNCCN3CCCC3)CC[C@H]1[C@H](C1C=CC=CC1)N2. The van der Waals surface area contributed by atoms with Crippen molar-refractivity contribution in [2.45, 2.75) is 56.5 Å². The molecule has 2 saturated heterocycles. The van der Waals surface area contributed by atoms with Crippen molar-refractivity contribution in [2.75, 3.05) is 38.0 Å². The second-order valence-electron chi connectivity index (χ2n) is 9.86. The largest absolute Gasteiger partial charge is 0.416 e. The molecule has 3 heterocycles. The fourth-order valence-corrected chi connectivity index (χ4v) is 5.92. The zero-order valence-electron chi connectivity index (χ0n) is 19.0. The van der Waals surface area contributed by atoms with Crippen molar-refractivity contribution in [2.24, 2.45) is 11.8 Å². The first-order valence-corrected chi connectivity index (χ1v) is 12.4. The molecule has 4 aliphatic rings. The Morgan fingerprint density at radius 1 is 1.12 bits per heavy atom. The van der Waals surface area contributed by atoms with E-state index in [1.165, 1.54) is 38.1 Å². The number of hydrogen-bond donors (Lipinski definition) is 2. The van der Waals surface area contributed by atoms with Gasteiger partial charge in [-0.25, -0.2) is 0 Å². The summed E-state index contributed by atoms with van der Waals surface area (Å²) in [5.41, 5.74) is 0.832. The van der Waals surface area contributed by atoms with Crippen LogP contribution in [-0.2, 0) is 10.9 Å². The van der Waals surface area contributed by atoms with Crippen molar-refractivity contribution in [1.29, 1.82) is 0 Å². The van der Waals surface area contributed by atoms with Crippen molar-refractivity contribution >= 4 is 5.69 Å². The van der Waals surface area contributed by atoms with Crippen LogP contribution in [-0.4, -0.2) is 49.8 Å². The van der Waals surface area contributed by atoms with Gasteiger partial charge < -0.3 is 20.3 Å². The van der Waals surface area contributed by atoms with Gasteiger partial charge in [0.15, 0.2) is 0 Å². The molecule has 2 fully saturated rings. The van der Waals surface area contributed by atoms with E-state index in [1.807, 2.05) is 0 Å². The summed E-state index contributed by atoms with van der Waals surface area (Å²) in [6, 6.07) is 4.23. The summed E-state index contributed by atoms with van der Waals surface area (Å²) < 4.78 is 47.0. The van der Waals surface area contributed by atoms with Crippen molar-refractivity contribution < 1.29 is 17.9 Å². The highest BCUT2D eigenvalue weighted by Crippen LogP contribution is 2.49. The lowest BCUT2D eigenvalue weighted by atomic mass is 9.73. The van der Waals surface area contributed by atoms with Crippen LogP contribution in [0.3, 0.4) is 0 Å². The molecule has 0 amide bonds. The Kier molecular flexibility index (Phi) is 6.81. The molecular formula is C26H34F3N3O. The summed E-state index contributed by atoms with van der Waals surface area (Å²) in [6.07, 6.45) is 9.26. The number of rotatable bonds is 6. The van der Waals surface area contributed by atoms with Crippen LogP contribution in [0.25, 0.3) is 0 Å². The summed E-state index contributed by atoms with van der Waals surface area (Å²) in [6.45, 7) is 5.08. The van der Waals surface area contributed by atoms with Crippen LogP contribution < -0.4 is 10.6 Å². The van der Waals surface area contributed by atoms with Crippen LogP contribution in [0.1, 0.15) is 49.3 Å². The number of anilines is 1. The molecule has 5 rings (SSSR count). The first-order chi connectivity index (χ1) is 16.0. The van der Waals surface area contributed by atoms with Gasteiger partial charge in [0.25, 0.3) is 0 Å². The average Bonchev–Trinajstić information content (AvgIpc) is 3.34. The number of fused-ring (bicyclic) bond motifs is 3. The highest BCUT2D eigenvalue weighted by Gasteiger charge is 2.44. The Morgan fingerprint density at radius 3 is 2.73 bits per heavy atom. The van der Waals surface area contributed by atoms with Gasteiger partial charge in [-0.2, -0.15) is 13.2 Å². The van der Waals surface area contributed by atoms with Crippen LogP contribution in [0.2, 0.25) is 0 Å². The molecule has 1 unspecified atom stereocenters. The van der Waals surface area contributed by atoms with Gasteiger partial charge >= 0.3 is 6.18 Å². The van der Waals surface area contributed by atoms with Crippen molar-refractivity contribution in [3.8, 4) is 0 Å².